The van der Waals surface area contributed by atoms with Crippen LogP contribution in [0, 0.1) is 11.6 Å². The third-order valence-corrected chi connectivity index (χ3v) is 5.26. The summed E-state index contributed by atoms with van der Waals surface area (Å²) in [6.07, 6.45) is 3.08. The Labute approximate surface area is 138 Å². The number of carbonyl (C=O) groups is 2. The number of aliphatic carboxylic acids is 1. The van der Waals surface area contributed by atoms with Crippen molar-refractivity contribution in [1.82, 2.24) is 10.2 Å². The number of carboxylic acids is 1. The number of benzene rings is 1. The molecule has 0 aromatic heterocycles. The van der Waals surface area contributed by atoms with Gasteiger partial charge in [-0.25, -0.2) is 8.78 Å². The van der Waals surface area contributed by atoms with Gasteiger partial charge >= 0.3 is 5.97 Å². The van der Waals surface area contributed by atoms with Gasteiger partial charge in [-0.3, -0.25) is 9.59 Å². The summed E-state index contributed by atoms with van der Waals surface area (Å²) in [5.41, 5.74) is -1.64. The van der Waals surface area contributed by atoms with Crippen LogP contribution in [0.4, 0.5) is 8.78 Å². The second-order valence-electron chi connectivity index (χ2n) is 6.86. The van der Waals surface area contributed by atoms with Crippen LogP contribution in [0.15, 0.2) is 18.2 Å². The first-order chi connectivity index (χ1) is 11.3. The fourth-order valence-electron chi connectivity index (χ4n) is 3.87. The standard InChI is InChI=1S/C17H20F2N2O3/c1-16(11-6-12(18)8-13(19)7-11)10-20-17(4-2-3-5-17)15(24)21(16)9-14(22)23/h6-8,20H,2-5,9-10H2,1H3,(H,22,23)/t16-/m0/s1. The van der Waals surface area contributed by atoms with Gasteiger partial charge in [0, 0.05) is 12.6 Å². The van der Waals surface area contributed by atoms with Crippen molar-refractivity contribution in [2.24, 2.45) is 0 Å². The lowest BCUT2D eigenvalue weighted by atomic mass is 9.81. The maximum absolute atomic E-state index is 13.7. The number of halogens is 2. The number of amides is 1. The molecule has 1 heterocycles. The van der Waals surface area contributed by atoms with Gasteiger partial charge in [-0.05, 0) is 37.5 Å². The molecule has 2 N–H and O–H groups in total. The lowest BCUT2D eigenvalue weighted by molar-refractivity contribution is -0.158. The van der Waals surface area contributed by atoms with Crippen LogP contribution in [-0.4, -0.2) is 40.5 Å². The molecular formula is C17H20F2N2O3. The summed E-state index contributed by atoms with van der Waals surface area (Å²) >= 11 is 0. The Kier molecular flexibility index (Phi) is 4.07. The second kappa shape index (κ2) is 5.81. The fraction of sp³-hybridized carbons (Fsp3) is 0.529. The summed E-state index contributed by atoms with van der Waals surface area (Å²) in [6, 6.07) is 3.06. The van der Waals surface area contributed by atoms with Gasteiger partial charge in [-0.15, -0.1) is 0 Å². The van der Waals surface area contributed by atoms with Gasteiger partial charge in [-0.1, -0.05) is 12.8 Å². The molecule has 130 valence electrons. The normalized spacial score (nSPS) is 26.1. The maximum atomic E-state index is 13.7. The predicted octanol–water partition coefficient (Wildman–Crippen LogP) is 2.01. The molecule has 1 aromatic carbocycles. The van der Waals surface area contributed by atoms with Gasteiger partial charge in [0.05, 0.1) is 11.1 Å². The highest BCUT2D eigenvalue weighted by molar-refractivity contribution is 5.91. The van der Waals surface area contributed by atoms with Crippen LogP contribution >= 0.6 is 0 Å². The molecule has 1 atom stereocenters. The fourth-order valence-corrected chi connectivity index (χ4v) is 3.87. The van der Waals surface area contributed by atoms with Crippen molar-refractivity contribution in [1.29, 1.82) is 0 Å². The summed E-state index contributed by atoms with van der Waals surface area (Å²) in [5.74, 6) is -2.97. The van der Waals surface area contributed by atoms with Crippen LogP contribution in [0.5, 0.6) is 0 Å². The largest absolute Gasteiger partial charge is 0.480 e. The Morgan fingerprint density at radius 3 is 2.38 bits per heavy atom. The summed E-state index contributed by atoms with van der Waals surface area (Å²) in [7, 11) is 0. The first-order valence-electron chi connectivity index (χ1n) is 8.02. The van der Waals surface area contributed by atoms with E-state index in [0.717, 1.165) is 31.0 Å². The second-order valence-corrected chi connectivity index (χ2v) is 6.86. The summed E-state index contributed by atoms with van der Waals surface area (Å²) in [5, 5.41) is 12.5. The van der Waals surface area contributed by atoms with Crippen molar-refractivity contribution in [3.8, 4) is 0 Å². The van der Waals surface area contributed by atoms with Crippen molar-refractivity contribution < 1.29 is 23.5 Å². The lowest BCUT2D eigenvalue weighted by Crippen LogP contribution is -2.70. The Hall–Kier alpha value is -2.02. The van der Waals surface area contributed by atoms with E-state index >= 15 is 0 Å². The molecule has 2 aliphatic rings. The van der Waals surface area contributed by atoms with E-state index in [4.69, 9.17) is 0 Å². The first kappa shape index (κ1) is 16.8. The maximum Gasteiger partial charge on any atom is 0.323 e. The Bertz CT molecular complexity index is 668. The highest BCUT2D eigenvalue weighted by Gasteiger charge is 2.53. The molecule has 1 aliphatic carbocycles. The van der Waals surface area contributed by atoms with Gasteiger partial charge in [0.1, 0.15) is 18.2 Å². The van der Waals surface area contributed by atoms with E-state index < -0.39 is 35.2 Å². The van der Waals surface area contributed by atoms with E-state index in [2.05, 4.69) is 5.32 Å². The Morgan fingerprint density at radius 2 is 1.83 bits per heavy atom. The first-order valence-corrected chi connectivity index (χ1v) is 8.02. The molecule has 0 unspecified atom stereocenters. The number of carboxylic acid groups (broad SMARTS) is 1. The number of hydrogen-bond acceptors (Lipinski definition) is 3. The summed E-state index contributed by atoms with van der Waals surface area (Å²) < 4.78 is 27.3. The smallest absolute Gasteiger partial charge is 0.323 e. The molecule has 7 heteroatoms. The molecule has 1 saturated carbocycles. The number of rotatable bonds is 3. The van der Waals surface area contributed by atoms with Gasteiger partial charge in [0.15, 0.2) is 0 Å². The topological polar surface area (TPSA) is 69.6 Å². The predicted molar refractivity (Wildman–Crippen MR) is 82.3 cm³/mol. The molecule has 3 rings (SSSR count). The van der Waals surface area contributed by atoms with Gasteiger partial charge in [0.25, 0.3) is 0 Å². The average molecular weight is 338 g/mol. The van der Waals surface area contributed by atoms with Crippen molar-refractivity contribution in [2.75, 3.05) is 13.1 Å². The molecule has 1 aromatic rings. The Morgan fingerprint density at radius 1 is 1.25 bits per heavy atom. The quantitative estimate of drug-likeness (QED) is 0.885. The molecule has 2 fully saturated rings. The van der Waals surface area contributed by atoms with Crippen LogP contribution in [0.3, 0.4) is 0 Å². The van der Waals surface area contributed by atoms with Gasteiger partial charge < -0.3 is 15.3 Å². The van der Waals surface area contributed by atoms with E-state index in [-0.39, 0.29) is 18.0 Å². The number of hydrogen-bond donors (Lipinski definition) is 2. The zero-order valence-corrected chi connectivity index (χ0v) is 13.4. The minimum Gasteiger partial charge on any atom is -0.480 e. The minimum atomic E-state index is -1.15. The summed E-state index contributed by atoms with van der Waals surface area (Å²) in [6.45, 7) is 1.38. The molecule has 1 spiro atoms. The monoisotopic (exact) mass is 338 g/mol. The molecule has 0 radical (unpaired) electrons. The Balaban J connectivity index is 2.04. The molecule has 1 saturated heterocycles. The highest BCUT2D eigenvalue weighted by atomic mass is 19.1. The number of nitrogens with one attached hydrogen (secondary N) is 1. The highest BCUT2D eigenvalue weighted by Crippen LogP contribution is 2.40. The van der Waals surface area contributed by atoms with Crippen LogP contribution in [0.1, 0.15) is 38.2 Å². The number of piperazine rings is 1. The minimum absolute atomic E-state index is 0.245. The number of nitrogens with zero attached hydrogens (tertiary/aromatic N) is 1. The van der Waals surface area contributed by atoms with Crippen molar-refractivity contribution in [3.05, 3.63) is 35.4 Å². The van der Waals surface area contributed by atoms with Crippen LogP contribution < -0.4 is 5.32 Å². The average Bonchev–Trinajstić information content (AvgIpc) is 2.97. The van der Waals surface area contributed by atoms with Crippen LogP contribution in [0.25, 0.3) is 0 Å². The third kappa shape index (κ3) is 2.66. The van der Waals surface area contributed by atoms with Crippen molar-refractivity contribution in [2.45, 2.75) is 43.7 Å². The van der Waals surface area contributed by atoms with Crippen LogP contribution in [-0.2, 0) is 15.1 Å². The third-order valence-electron chi connectivity index (χ3n) is 5.26. The molecule has 1 amide bonds. The summed E-state index contributed by atoms with van der Waals surface area (Å²) in [4.78, 5) is 25.6. The molecule has 1 aliphatic heterocycles. The molecule has 5 nitrogen and oxygen atoms in total. The van der Waals surface area contributed by atoms with E-state index in [1.165, 1.54) is 4.90 Å². The van der Waals surface area contributed by atoms with Crippen LogP contribution in [0.2, 0.25) is 0 Å². The van der Waals surface area contributed by atoms with Crippen molar-refractivity contribution in [3.63, 3.8) is 0 Å². The number of carbonyl (C=O) groups excluding carboxylic acids is 1. The molecular weight excluding hydrogens is 318 g/mol. The zero-order chi connectivity index (χ0) is 17.5. The SMILES string of the molecule is C[C@@]1(c2cc(F)cc(F)c2)CNC2(CCCC2)C(=O)N1CC(=O)O. The lowest BCUT2D eigenvalue weighted by Gasteiger charge is -2.51. The van der Waals surface area contributed by atoms with Gasteiger partial charge in [-0.2, -0.15) is 0 Å². The van der Waals surface area contributed by atoms with Crippen molar-refractivity contribution >= 4 is 11.9 Å². The van der Waals surface area contributed by atoms with E-state index in [1.807, 2.05) is 0 Å². The van der Waals surface area contributed by atoms with E-state index in [1.54, 1.807) is 6.92 Å². The van der Waals surface area contributed by atoms with E-state index in [0.29, 0.717) is 12.8 Å². The molecule has 0 bridgehead atoms. The van der Waals surface area contributed by atoms with Gasteiger partial charge in [0.2, 0.25) is 5.91 Å². The molecule has 24 heavy (non-hydrogen) atoms. The zero-order valence-electron chi connectivity index (χ0n) is 13.4. The van der Waals surface area contributed by atoms with E-state index in [9.17, 15) is 23.5 Å².